The number of amides is 2. The summed E-state index contributed by atoms with van der Waals surface area (Å²) < 4.78 is 0. The molecule has 0 spiro atoms. The van der Waals surface area contributed by atoms with E-state index in [0.29, 0.717) is 12.1 Å². The lowest BCUT2D eigenvalue weighted by atomic mass is 10.1. The van der Waals surface area contributed by atoms with Crippen molar-refractivity contribution >= 4 is 23.2 Å². The fourth-order valence-corrected chi connectivity index (χ4v) is 1.52. The lowest BCUT2D eigenvalue weighted by molar-refractivity contribution is -0.117. The van der Waals surface area contributed by atoms with Crippen LogP contribution in [0.3, 0.4) is 0 Å². The highest BCUT2D eigenvalue weighted by atomic mass is 16.2. The number of nitrogens with one attached hydrogen (secondary N) is 3. The monoisotopic (exact) mass is 263 g/mol. The van der Waals surface area contributed by atoms with Crippen LogP contribution in [0.15, 0.2) is 18.2 Å². The Hall–Kier alpha value is -1.88. The largest absolute Gasteiger partial charge is 0.326 e. The molecule has 0 saturated carbocycles. The molecule has 1 rings (SSSR count). The summed E-state index contributed by atoms with van der Waals surface area (Å²) in [6, 6.07) is 5.17. The van der Waals surface area contributed by atoms with Gasteiger partial charge in [0.15, 0.2) is 0 Å². The zero-order valence-corrected chi connectivity index (χ0v) is 11.8. The second-order valence-electron chi connectivity index (χ2n) is 4.38. The molecule has 0 aromatic heterocycles. The van der Waals surface area contributed by atoms with E-state index in [2.05, 4.69) is 16.0 Å². The average Bonchev–Trinajstić information content (AvgIpc) is 2.41. The van der Waals surface area contributed by atoms with Gasteiger partial charge >= 0.3 is 0 Å². The van der Waals surface area contributed by atoms with Gasteiger partial charge in [0.25, 0.3) is 0 Å². The third-order valence-corrected chi connectivity index (χ3v) is 3.01. The molecule has 0 saturated heterocycles. The second kappa shape index (κ2) is 6.89. The van der Waals surface area contributed by atoms with Gasteiger partial charge in [-0.15, -0.1) is 0 Å². The smallest absolute Gasteiger partial charge is 0.241 e. The van der Waals surface area contributed by atoms with Crippen LogP contribution in [-0.2, 0) is 9.59 Å². The van der Waals surface area contributed by atoms with Crippen LogP contribution in [0.4, 0.5) is 11.4 Å². The van der Waals surface area contributed by atoms with Crippen LogP contribution in [0, 0.1) is 6.92 Å². The van der Waals surface area contributed by atoms with Gasteiger partial charge in [-0.1, -0.05) is 13.0 Å². The summed E-state index contributed by atoms with van der Waals surface area (Å²) in [5, 5.41) is 8.53. The Labute approximate surface area is 113 Å². The van der Waals surface area contributed by atoms with Crippen molar-refractivity contribution in [3.8, 4) is 0 Å². The van der Waals surface area contributed by atoms with E-state index in [1.54, 1.807) is 27.0 Å². The number of hydrogen-bond acceptors (Lipinski definition) is 3. The number of hydrogen-bond donors (Lipinski definition) is 3. The van der Waals surface area contributed by atoms with E-state index in [-0.39, 0.29) is 17.9 Å². The number of rotatable bonds is 5. The van der Waals surface area contributed by atoms with Gasteiger partial charge in [-0.3, -0.25) is 9.59 Å². The maximum atomic E-state index is 11.8. The van der Waals surface area contributed by atoms with E-state index in [9.17, 15) is 9.59 Å². The number of carbonyl (C=O) groups excluding carboxylic acids is 2. The van der Waals surface area contributed by atoms with Gasteiger partial charge in [-0.05, 0) is 38.6 Å². The second-order valence-corrected chi connectivity index (χ2v) is 4.38. The molecule has 0 radical (unpaired) electrons. The topological polar surface area (TPSA) is 70.2 Å². The van der Waals surface area contributed by atoms with Gasteiger partial charge in [0.05, 0.1) is 6.04 Å². The van der Waals surface area contributed by atoms with E-state index in [4.69, 9.17) is 0 Å². The fraction of sp³-hybridized carbons (Fsp3) is 0.429. The first-order chi connectivity index (χ1) is 8.99. The highest BCUT2D eigenvalue weighted by Gasteiger charge is 2.13. The van der Waals surface area contributed by atoms with Crippen LogP contribution in [0.5, 0.6) is 0 Å². The average molecular weight is 263 g/mol. The molecule has 0 heterocycles. The van der Waals surface area contributed by atoms with E-state index >= 15 is 0 Å². The van der Waals surface area contributed by atoms with E-state index < -0.39 is 0 Å². The van der Waals surface area contributed by atoms with Crippen molar-refractivity contribution in [3.05, 3.63) is 23.8 Å². The maximum absolute atomic E-state index is 11.8. The molecule has 1 unspecified atom stereocenters. The van der Waals surface area contributed by atoms with Crippen molar-refractivity contribution in [2.75, 3.05) is 17.7 Å². The molecule has 104 valence electrons. The summed E-state index contributed by atoms with van der Waals surface area (Å²) in [6.45, 7) is 5.45. The molecule has 1 aromatic rings. The molecule has 5 nitrogen and oxygen atoms in total. The first-order valence-corrected chi connectivity index (χ1v) is 6.37. The number of benzene rings is 1. The third-order valence-electron chi connectivity index (χ3n) is 3.01. The Balaban J connectivity index is 2.88. The predicted molar refractivity (Wildman–Crippen MR) is 77.3 cm³/mol. The van der Waals surface area contributed by atoms with Gasteiger partial charge < -0.3 is 16.0 Å². The minimum Gasteiger partial charge on any atom is -0.326 e. The quantitative estimate of drug-likeness (QED) is 0.759. The highest BCUT2D eigenvalue weighted by Crippen LogP contribution is 2.23. The fourth-order valence-electron chi connectivity index (χ4n) is 1.52. The minimum atomic E-state index is -0.270. The molecule has 1 aromatic carbocycles. The van der Waals surface area contributed by atoms with Crippen molar-refractivity contribution in [1.82, 2.24) is 5.32 Å². The zero-order chi connectivity index (χ0) is 14.4. The van der Waals surface area contributed by atoms with Gasteiger partial charge in [0, 0.05) is 17.8 Å². The predicted octanol–water partition coefficient (Wildman–Crippen LogP) is 1.89. The number of carbonyl (C=O) groups is 2. The summed E-state index contributed by atoms with van der Waals surface area (Å²) in [4.78, 5) is 23.2. The van der Waals surface area contributed by atoms with Gasteiger partial charge in [0.2, 0.25) is 11.8 Å². The molecular weight excluding hydrogens is 242 g/mol. The van der Waals surface area contributed by atoms with E-state index in [0.717, 1.165) is 11.3 Å². The summed E-state index contributed by atoms with van der Waals surface area (Å²) in [6.07, 6.45) is 0.423. The van der Waals surface area contributed by atoms with E-state index in [1.165, 1.54) is 0 Å². The molecule has 0 aliphatic heterocycles. The van der Waals surface area contributed by atoms with Gasteiger partial charge in [-0.25, -0.2) is 0 Å². The van der Waals surface area contributed by atoms with Crippen LogP contribution >= 0.6 is 0 Å². The Morgan fingerprint density at radius 1 is 1.21 bits per heavy atom. The minimum absolute atomic E-state index is 0.0461. The summed E-state index contributed by atoms with van der Waals surface area (Å²) >= 11 is 0. The normalized spacial score (nSPS) is 11.8. The lowest BCUT2D eigenvalue weighted by Crippen LogP contribution is -2.35. The molecular formula is C14H21N3O2. The highest BCUT2D eigenvalue weighted by molar-refractivity contribution is 5.97. The SMILES string of the molecule is CCC(=O)Nc1cccc(NC(=O)C(C)NC)c1C. The summed E-state index contributed by atoms with van der Waals surface area (Å²) in [5.74, 6) is -0.153. The third kappa shape index (κ3) is 4.06. The standard InChI is InChI=1S/C14H21N3O2/c1-5-13(18)16-11-7-6-8-12(9(11)2)17-14(19)10(3)15-4/h6-8,10,15H,5H2,1-4H3,(H,16,18)(H,17,19). The van der Waals surface area contributed by atoms with Gasteiger partial charge in [0.1, 0.15) is 0 Å². The van der Waals surface area contributed by atoms with Crippen LogP contribution in [-0.4, -0.2) is 24.9 Å². The molecule has 0 fully saturated rings. The first-order valence-electron chi connectivity index (χ1n) is 6.37. The van der Waals surface area contributed by atoms with Crippen molar-refractivity contribution in [3.63, 3.8) is 0 Å². The number of anilines is 2. The van der Waals surface area contributed by atoms with Crippen LogP contribution in [0.2, 0.25) is 0 Å². The van der Waals surface area contributed by atoms with Crippen molar-refractivity contribution in [2.45, 2.75) is 33.2 Å². The lowest BCUT2D eigenvalue weighted by Gasteiger charge is -2.15. The summed E-state index contributed by atoms with van der Waals surface area (Å²) in [5.41, 5.74) is 2.28. The van der Waals surface area contributed by atoms with Crippen LogP contribution < -0.4 is 16.0 Å². The molecule has 0 aliphatic rings. The van der Waals surface area contributed by atoms with Crippen LogP contribution in [0.25, 0.3) is 0 Å². The maximum Gasteiger partial charge on any atom is 0.241 e. The van der Waals surface area contributed by atoms with Crippen LogP contribution in [0.1, 0.15) is 25.8 Å². The summed E-state index contributed by atoms with van der Waals surface area (Å²) in [7, 11) is 1.73. The Bertz CT molecular complexity index is 472. The molecule has 0 bridgehead atoms. The molecule has 19 heavy (non-hydrogen) atoms. The Morgan fingerprint density at radius 2 is 1.79 bits per heavy atom. The van der Waals surface area contributed by atoms with Crippen molar-refractivity contribution < 1.29 is 9.59 Å². The molecule has 0 aliphatic carbocycles. The molecule has 5 heteroatoms. The van der Waals surface area contributed by atoms with Crippen molar-refractivity contribution in [2.24, 2.45) is 0 Å². The first kappa shape index (κ1) is 15.2. The Kier molecular flexibility index (Phi) is 5.51. The van der Waals surface area contributed by atoms with Crippen molar-refractivity contribution in [1.29, 1.82) is 0 Å². The zero-order valence-electron chi connectivity index (χ0n) is 11.8. The molecule has 1 atom stereocenters. The molecule has 3 N–H and O–H groups in total. The Morgan fingerprint density at radius 3 is 2.32 bits per heavy atom. The van der Waals surface area contributed by atoms with Gasteiger partial charge in [-0.2, -0.15) is 0 Å². The van der Waals surface area contributed by atoms with E-state index in [1.807, 2.05) is 19.1 Å². The number of likely N-dealkylation sites (N-methyl/N-ethyl adjacent to an activating group) is 1. The molecule has 2 amide bonds.